The first-order valence-corrected chi connectivity index (χ1v) is 7.54. The van der Waals surface area contributed by atoms with E-state index in [1.165, 1.54) is 12.8 Å². The second kappa shape index (κ2) is 5.72. The summed E-state index contributed by atoms with van der Waals surface area (Å²) in [6.45, 7) is 0.664. The van der Waals surface area contributed by atoms with Gasteiger partial charge >= 0.3 is 0 Å². The van der Waals surface area contributed by atoms with E-state index < -0.39 is 0 Å². The fraction of sp³-hybridized carbons (Fsp3) is 0.417. The molecule has 0 radical (unpaired) electrons. The molecule has 1 amide bonds. The zero-order chi connectivity index (χ0) is 12.4. The topological polar surface area (TPSA) is 29.1 Å². The van der Waals surface area contributed by atoms with Crippen molar-refractivity contribution < 1.29 is 4.79 Å². The van der Waals surface area contributed by atoms with Crippen LogP contribution in [-0.4, -0.2) is 17.3 Å². The van der Waals surface area contributed by atoms with Crippen molar-refractivity contribution in [1.82, 2.24) is 5.32 Å². The van der Waals surface area contributed by atoms with Gasteiger partial charge in [0.05, 0.1) is 5.02 Å². The molecular formula is C12H12Br2ClNO. The molecule has 1 aliphatic rings. The smallest absolute Gasteiger partial charge is 0.251 e. The zero-order valence-electron chi connectivity index (χ0n) is 9.05. The summed E-state index contributed by atoms with van der Waals surface area (Å²) in [6.07, 6.45) is 2.52. The van der Waals surface area contributed by atoms with Gasteiger partial charge < -0.3 is 5.32 Å². The first-order chi connectivity index (χ1) is 8.08. The highest BCUT2D eigenvalue weighted by molar-refractivity contribution is 9.10. The number of benzene rings is 1. The first kappa shape index (κ1) is 13.4. The van der Waals surface area contributed by atoms with Crippen LogP contribution in [0.4, 0.5) is 0 Å². The maximum atomic E-state index is 11.8. The molecule has 1 saturated carbocycles. The highest BCUT2D eigenvalue weighted by atomic mass is 79.9. The Morgan fingerprint density at radius 2 is 2.24 bits per heavy atom. The number of carbonyl (C=O) groups excluding carboxylic acids is 1. The largest absolute Gasteiger partial charge is 0.351 e. The van der Waals surface area contributed by atoms with E-state index in [1.807, 2.05) is 0 Å². The van der Waals surface area contributed by atoms with Crippen LogP contribution < -0.4 is 5.32 Å². The summed E-state index contributed by atoms with van der Waals surface area (Å²) in [5, 5.41) is 3.46. The zero-order valence-corrected chi connectivity index (χ0v) is 13.0. The van der Waals surface area contributed by atoms with Crippen LogP contribution in [0.1, 0.15) is 23.2 Å². The number of carbonyl (C=O) groups is 1. The Morgan fingerprint density at radius 1 is 1.53 bits per heavy atom. The molecule has 1 aromatic carbocycles. The summed E-state index contributed by atoms with van der Waals surface area (Å²) >= 11 is 12.8. The van der Waals surface area contributed by atoms with Gasteiger partial charge in [-0.25, -0.2) is 0 Å². The lowest BCUT2D eigenvalue weighted by Gasteiger charge is -2.10. The molecule has 1 N–H and O–H groups in total. The molecule has 1 aromatic rings. The second-order valence-electron chi connectivity index (χ2n) is 4.19. The fourth-order valence-electron chi connectivity index (χ4n) is 1.55. The van der Waals surface area contributed by atoms with Gasteiger partial charge in [0.25, 0.3) is 5.91 Å². The second-order valence-corrected chi connectivity index (χ2v) is 6.63. The van der Waals surface area contributed by atoms with Crippen LogP contribution in [0.5, 0.6) is 0 Å². The minimum atomic E-state index is -0.0792. The Hall–Kier alpha value is -0.0600. The quantitative estimate of drug-likeness (QED) is 0.785. The Bertz CT molecular complexity index is 435. The van der Waals surface area contributed by atoms with E-state index in [0.29, 0.717) is 22.0 Å². The van der Waals surface area contributed by atoms with Gasteiger partial charge in [0, 0.05) is 21.4 Å². The molecule has 1 fully saturated rings. The first-order valence-electron chi connectivity index (χ1n) is 5.45. The summed E-state index contributed by atoms with van der Waals surface area (Å²) in [7, 11) is 0. The highest BCUT2D eigenvalue weighted by Crippen LogP contribution is 2.36. The van der Waals surface area contributed by atoms with Crippen molar-refractivity contribution in [3.63, 3.8) is 0 Å². The Kier molecular flexibility index (Phi) is 4.50. The van der Waals surface area contributed by atoms with Crippen LogP contribution in [0.25, 0.3) is 0 Å². The van der Waals surface area contributed by atoms with Gasteiger partial charge in [-0.15, -0.1) is 0 Å². The van der Waals surface area contributed by atoms with Gasteiger partial charge in [-0.05, 0) is 52.9 Å². The van der Waals surface area contributed by atoms with Crippen LogP contribution in [-0.2, 0) is 0 Å². The molecule has 0 aliphatic heterocycles. The lowest BCUT2D eigenvalue weighted by Crippen LogP contribution is -2.30. The number of hydrogen-bond donors (Lipinski definition) is 1. The van der Waals surface area contributed by atoms with Gasteiger partial charge in [-0.3, -0.25) is 4.79 Å². The fourth-order valence-corrected chi connectivity index (χ4v) is 2.67. The summed E-state index contributed by atoms with van der Waals surface area (Å²) in [6, 6.07) is 5.21. The summed E-state index contributed by atoms with van der Waals surface area (Å²) in [5.74, 6) is 0.647. The van der Waals surface area contributed by atoms with Gasteiger partial charge in [0.1, 0.15) is 0 Å². The number of nitrogens with one attached hydrogen (secondary N) is 1. The number of hydrogen-bond acceptors (Lipinski definition) is 1. The van der Waals surface area contributed by atoms with Crippen molar-refractivity contribution in [3.8, 4) is 0 Å². The van der Waals surface area contributed by atoms with Crippen molar-refractivity contribution >= 4 is 49.4 Å². The van der Waals surface area contributed by atoms with Gasteiger partial charge in [-0.2, -0.15) is 0 Å². The normalized spacial score (nSPS) is 16.6. The molecule has 0 bridgehead atoms. The maximum absolute atomic E-state index is 11.8. The Balaban J connectivity index is 1.92. The molecule has 0 saturated heterocycles. The minimum Gasteiger partial charge on any atom is -0.351 e. The monoisotopic (exact) mass is 379 g/mol. The third kappa shape index (κ3) is 3.70. The van der Waals surface area contributed by atoms with E-state index in [4.69, 9.17) is 11.6 Å². The third-order valence-corrected chi connectivity index (χ3v) is 5.08. The molecule has 0 heterocycles. The van der Waals surface area contributed by atoms with Crippen molar-refractivity contribution in [3.05, 3.63) is 33.3 Å². The van der Waals surface area contributed by atoms with Crippen molar-refractivity contribution in [2.75, 3.05) is 6.54 Å². The third-order valence-electron chi connectivity index (χ3n) is 2.77. The van der Waals surface area contributed by atoms with Crippen molar-refractivity contribution in [2.45, 2.75) is 17.7 Å². The van der Waals surface area contributed by atoms with E-state index in [-0.39, 0.29) is 5.91 Å². The molecule has 2 rings (SSSR count). The summed E-state index contributed by atoms with van der Waals surface area (Å²) in [4.78, 5) is 12.2. The van der Waals surface area contributed by atoms with E-state index in [9.17, 15) is 4.79 Å². The molecule has 0 aromatic heterocycles. The predicted molar refractivity (Wildman–Crippen MR) is 76.9 cm³/mol. The molecule has 2 nitrogen and oxygen atoms in total. The average molecular weight is 381 g/mol. The lowest BCUT2D eigenvalue weighted by atomic mass is 10.2. The average Bonchev–Trinajstić information content (AvgIpc) is 3.13. The maximum Gasteiger partial charge on any atom is 0.251 e. The number of amides is 1. The molecule has 5 heteroatoms. The molecular weight excluding hydrogens is 369 g/mol. The Morgan fingerprint density at radius 3 is 2.82 bits per heavy atom. The Labute approximate surface area is 122 Å². The summed E-state index contributed by atoms with van der Waals surface area (Å²) < 4.78 is 0.798. The van der Waals surface area contributed by atoms with Gasteiger partial charge in [0.2, 0.25) is 0 Å². The molecule has 1 atom stereocenters. The van der Waals surface area contributed by atoms with E-state index >= 15 is 0 Å². The highest BCUT2D eigenvalue weighted by Gasteiger charge is 2.29. The number of alkyl halides is 1. The molecule has 92 valence electrons. The van der Waals surface area contributed by atoms with Crippen LogP contribution in [0.2, 0.25) is 5.02 Å². The van der Waals surface area contributed by atoms with Crippen LogP contribution in [0.15, 0.2) is 22.7 Å². The SMILES string of the molecule is O=C(NCC(Br)C1CC1)c1ccc(Br)c(Cl)c1. The van der Waals surface area contributed by atoms with Gasteiger partial charge in [-0.1, -0.05) is 27.5 Å². The molecule has 17 heavy (non-hydrogen) atoms. The molecule has 1 aliphatic carbocycles. The number of rotatable bonds is 4. The van der Waals surface area contributed by atoms with Crippen molar-refractivity contribution in [1.29, 1.82) is 0 Å². The van der Waals surface area contributed by atoms with Crippen LogP contribution in [0.3, 0.4) is 0 Å². The van der Waals surface area contributed by atoms with Crippen LogP contribution in [0, 0.1) is 5.92 Å². The predicted octanol–water partition coefficient (Wildman–Crippen LogP) is 4.01. The van der Waals surface area contributed by atoms with E-state index in [0.717, 1.165) is 10.4 Å². The lowest BCUT2D eigenvalue weighted by molar-refractivity contribution is 0.0953. The van der Waals surface area contributed by atoms with Crippen LogP contribution >= 0.6 is 43.5 Å². The van der Waals surface area contributed by atoms with E-state index in [1.54, 1.807) is 18.2 Å². The molecule has 0 spiro atoms. The minimum absolute atomic E-state index is 0.0792. The van der Waals surface area contributed by atoms with E-state index in [2.05, 4.69) is 37.2 Å². The number of halogens is 3. The molecule has 1 unspecified atom stereocenters. The van der Waals surface area contributed by atoms with Gasteiger partial charge in [0.15, 0.2) is 0 Å². The standard InChI is InChI=1S/C12H12Br2ClNO/c13-9-4-3-8(5-11(9)15)12(17)16-6-10(14)7-1-2-7/h3-5,7,10H,1-2,6H2,(H,16,17). The van der Waals surface area contributed by atoms with Crippen molar-refractivity contribution in [2.24, 2.45) is 5.92 Å². The summed E-state index contributed by atoms with van der Waals surface area (Å²) in [5.41, 5.74) is 0.591.